The monoisotopic (exact) mass is 395 g/mol. The standard InChI is InChI=1S/C20H25N7O2/c1-24-12-13-25(17(15-24)16-6-3-2-4-7-16)11-5-10-21-18-8-9-19-22-14-20(27(28)29)26(19)23-18/h2-4,6-9,14,17H,5,10-13,15H2,1H3,(H,21,23). The first kappa shape index (κ1) is 19.3. The van der Waals surface area contributed by atoms with Gasteiger partial charge in [-0.25, -0.2) is 4.98 Å². The van der Waals surface area contributed by atoms with Crippen molar-refractivity contribution in [2.24, 2.45) is 0 Å². The maximum Gasteiger partial charge on any atom is 0.368 e. The maximum absolute atomic E-state index is 11.1. The Morgan fingerprint density at radius 2 is 2.03 bits per heavy atom. The summed E-state index contributed by atoms with van der Waals surface area (Å²) in [5.74, 6) is 0.475. The van der Waals surface area contributed by atoms with Gasteiger partial charge in [0, 0.05) is 44.8 Å². The van der Waals surface area contributed by atoms with E-state index < -0.39 is 4.92 Å². The van der Waals surface area contributed by atoms with E-state index in [0.29, 0.717) is 17.5 Å². The number of imidazole rings is 1. The third-order valence-corrected chi connectivity index (χ3v) is 5.34. The third kappa shape index (κ3) is 4.36. The first-order valence-electron chi connectivity index (χ1n) is 9.82. The molecule has 152 valence electrons. The number of nitrogens with zero attached hydrogens (tertiary/aromatic N) is 6. The van der Waals surface area contributed by atoms with Gasteiger partial charge in [0.2, 0.25) is 5.65 Å². The SMILES string of the molecule is CN1CCN(CCCNc2ccc3ncc([N+](=O)[O-])n3n2)C(c2ccccc2)C1. The number of nitrogens with one attached hydrogen (secondary N) is 1. The zero-order chi connectivity index (χ0) is 20.2. The van der Waals surface area contributed by atoms with Crippen molar-refractivity contribution in [3.8, 4) is 0 Å². The predicted molar refractivity (Wildman–Crippen MR) is 111 cm³/mol. The Balaban J connectivity index is 1.35. The average Bonchev–Trinajstić information content (AvgIpc) is 3.16. The smallest absolute Gasteiger partial charge is 0.367 e. The van der Waals surface area contributed by atoms with E-state index in [-0.39, 0.29) is 5.82 Å². The van der Waals surface area contributed by atoms with E-state index in [1.807, 2.05) is 0 Å². The Kier molecular flexibility index (Phi) is 5.68. The van der Waals surface area contributed by atoms with Crippen molar-refractivity contribution in [3.63, 3.8) is 0 Å². The molecule has 9 heteroatoms. The largest absolute Gasteiger partial charge is 0.368 e. The van der Waals surface area contributed by atoms with Crippen LogP contribution in [0.5, 0.6) is 0 Å². The molecule has 1 aliphatic rings. The molecule has 1 fully saturated rings. The molecule has 1 aliphatic heterocycles. The molecule has 2 aromatic heterocycles. The minimum absolute atomic E-state index is 0.133. The zero-order valence-electron chi connectivity index (χ0n) is 16.4. The van der Waals surface area contributed by atoms with E-state index in [4.69, 9.17) is 0 Å². The number of anilines is 1. The number of hydrogen-bond acceptors (Lipinski definition) is 7. The molecule has 0 amide bonds. The number of rotatable bonds is 7. The molecular weight excluding hydrogens is 370 g/mol. The van der Waals surface area contributed by atoms with E-state index in [9.17, 15) is 10.1 Å². The van der Waals surface area contributed by atoms with Gasteiger partial charge in [0.25, 0.3) is 0 Å². The van der Waals surface area contributed by atoms with Gasteiger partial charge in [-0.05, 0) is 30.0 Å². The van der Waals surface area contributed by atoms with Crippen LogP contribution in [0.25, 0.3) is 5.65 Å². The van der Waals surface area contributed by atoms with Crippen molar-refractivity contribution >= 4 is 17.3 Å². The number of benzene rings is 1. The summed E-state index contributed by atoms with van der Waals surface area (Å²) in [7, 11) is 2.17. The highest BCUT2D eigenvalue weighted by atomic mass is 16.6. The fourth-order valence-electron chi connectivity index (χ4n) is 3.79. The molecule has 1 unspecified atom stereocenters. The molecular formula is C20H25N7O2. The van der Waals surface area contributed by atoms with Gasteiger partial charge in [-0.3, -0.25) is 4.90 Å². The Hall–Kier alpha value is -3.04. The molecule has 1 saturated heterocycles. The second-order valence-electron chi connectivity index (χ2n) is 7.37. The number of hydrogen-bond donors (Lipinski definition) is 1. The topological polar surface area (TPSA) is 91.8 Å². The van der Waals surface area contributed by atoms with E-state index in [0.717, 1.165) is 39.1 Å². The van der Waals surface area contributed by atoms with E-state index in [2.05, 4.69) is 62.6 Å². The first-order chi connectivity index (χ1) is 14.1. The summed E-state index contributed by atoms with van der Waals surface area (Å²) in [4.78, 5) is 19.5. The van der Waals surface area contributed by atoms with Gasteiger partial charge in [0.05, 0.1) is 0 Å². The van der Waals surface area contributed by atoms with Crippen LogP contribution in [0.1, 0.15) is 18.0 Å². The van der Waals surface area contributed by atoms with Crippen LogP contribution in [0.15, 0.2) is 48.7 Å². The van der Waals surface area contributed by atoms with Gasteiger partial charge in [-0.1, -0.05) is 39.9 Å². The Bertz CT molecular complexity index is 975. The summed E-state index contributed by atoms with van der Waals surface area (Å²) in [5.41, 5.74) is 1.82. The molecule has 3 heterocycles. The van der Waals surface area contributed by atoms with E-state index in [1.54, 1.807) is 12.1 Å². The van der Waals surface area contributed by atoms with Crippen molar-refractivity contribution in [2.45, 2.75) is 12.5 Å². The molecule has 1 N–H and O–H groups in total. The highest BCUT2D eigenvalue weighted by Crippen LogP contribution is 2.24. The number of fused-ring (bicyclic) bond motifs is 1. The van der Waals surface area contributed by atoms with Crippen LogP contribution >= 0.6 is 0 Å². The van der Waals surface area contributed by atoms with Crippen molar-refractivity contribution in [1.29, 1.82) is 0 Å². The molecule has 3 aromatic rings. The predicted octanol–water partition coefficient (Wildman–Crippen LogP) is 2.43. The van der Waals surface area contributed by atoms with Crippen molar-refractivity contribution in [3.05, 3.63) is 64.3 Å². The van der Waals surface area contributed by atoms with Crippen LogP contribution < -0.4 is 5.32 Å². The van der Waals surface area contributed by atoms with Gasteiger partial charge in [0.15, 0.2) is 5.82 Å². The lowest BCUT2D eigenvalue weighted by molar-refractivity contribution is -0.391. The fourth-order valence-corrected chi connectivity index (χ4v) is 3.79. The molecule has 0 saturated carbocycles. The zero-order valence-corrected chi connectivity index (χ0v) is 16.4. The van der Waals surface area contributed by atoms with Crippen molar-refractivity contribution < 1.29 is 4.92 Å². The summed E-state index contributed by atoms with van der Waals surface area (Å²) in [6.45, 7) is 4.86. The second kappa shape index (κ2) is 8.54. The number of nitro groups is 1. The second-order valence-corrected chi connectivity index (χ2v) is 7.37. The van der Waals surface area contributed by atoms with Crippen LogP contribution in [-0.4, -0.2) is 69.1 Å². The number of likely N-dealkylation sites (N-methyl/N-ethyl adjacent to an activating group) is 1. The molecule has 1 atom stereocenters. The van der Waals surface area contributed by atoms with Crippen molar-refractivity contribution in [2.75, 3.05) is 45.1 Å². The molecule has 0 spiro atoms. The highest BCUT2D eigenvalue weighted by molar-refractivity contribution is 5.48. The van der Waals surface area contributed by atoms with E-state index in [1.165, 1.54) is 16.3 Å². The van der Waals surface area contributed by atoms with Gasteiger partial charge in [0.1, 0.15) is 6.20 Å². The lowest BCUT2D eigenvalue weighted by Gasteiger charge is -2.40. The summed E-state index contributed by atoms with van der Waals surface area (Å²) in [6, 6.07) is 14.6. The molecule has 4 rings (SSSR count). The first-order valence-corrected chi connectivity index (χ1v) is 9.82. The lowest BCUT2D eigenvalue weighted by Crippen LogP contribution is -2.47. The summed E-state index contributed by atoms with van der Waals surface area (Å²) < 4.78 is 1.26. The van der Waals surface area contributed by atoms with Crippen LogP contribution in [0.4, 0.5) is 11.6 Å². The summed E-state index contributed by atoms with van der Waals surface area (Å²) in [5, 5.41) is 18.6. The van der Waals surface area contributed by atoms with Crippen LogP contribution in [0.3, 0.4) is 0 Å². The van der Waals surface area contributed by atoms with Crippen molar-refractivity contribution in [1.82, 2.24) is 24.4 Å². The van der Waals surface area contributed by atoms with Crippen LogP contribution in [0.2, 0.25) is 0 Å². The molecule has 0 aliphatic carbocycles. The minimum Gasteiger partial charge on any atom is -0.367 e. The van der Waals surface area contributed by atoms with Gasteiger partial charge < -0.3 is 20.3 Å². The maximum atomic E-state index is 11.1. The van der Waals surface area contributed by atoms with Crippen LogP contribution in [-0.2, 0) is 0 Å². The van der Waals surface area contributed by atoms with Gasteiger partial charge >= 0.3 is 5.82 Å². The quantitative estimate of drug-likeness (QED) is 0.373. The molecule has 0 bridgehead atoms. The molecule has 1 aromatic carbocycles. The lowest BCUT2D eigenvalue weighted by atomic mass is 10.0. The Labute approximate surface area is 169 Å². The minimum atomic E-state index is -0.478. The Morgan fingerprint density at radius 3 is 2.83 bits per heavy atom. The molecule has 9 nitrogen and oxygen atoms in total. The summed E-state index contributed by atoms with van der Waals surface area (Å²) in [6.07, 6.45) is 2.18. The third-order valence-electron chi connectivity index (χ3n) is 5.34. The normalized spacial score (nSPS) is 18.2. The van der Waals surface area contributed by atoms with E-state index >= 15 is 0 Å². The van der Waals surface area contributed by atoms with Crippen LogP contribution in [0, 0.1) is 10.1 Å². The van der Waals surface area contributed by atoms with Gasteiger partial charge in [-0.2, -0.15) is 0 Å². The fraction of sp³-hybridized carbons (Fsp3) is 0.400. The molecule has 29 heavy (non-hydrogen) atoms. The average molecular weight is 395 g/mol. The number of piperazine rings is 1. The Morgan fingerprint density at radius 1 is 1.21 bits per heavy atom. The highest BCUT2D eigenvalue weighted by Gasteiger charge is 2.26. The molecule has 0 radical (unpaired) electrons. The van der Waals surface area contributed by atoms with Gasteiger partial charge in [-0.15, -0.1) is 0 Å². The summed E-state index contributed by atoms with van der Waals surface area (Å²) >= 11 is 0. The number of aromatic nitrogens is 3.